The molecule has 0 radical (unpaired) electrons. The van der Waals surface area contributed by atoms with Crippen molar-refractivity contribution in [1.82, 2.24) is 4.98 Å². The van der Waals surface area contributed by atoms with Gasteiger partial charge in [0.2, 0.25) is 5.88 Å². The molecule has 1 aromatic rings. The minimum Gasteiger partial charge on any atom is -0.474 e. The van der Waals surface area contributed by atoms with E-state index in [1.54, 1.807) is 13.3 Å². The van der Waals surface area contributed by atoms with Gasteiger partial charge < -0.3 is 15.2 Å². The van der Waals surface area contributed by atoms with Crippen molar-refractivity contribution < 1.29 is 9.47 Å². The number of hydrogen-bond acceptors (Lipinski definition) is 4. The largest absolute Gasteiger partial charge is 0.474 e. The third kappa shape index (κ3) is 2.59. The highest BCUT2D eigenvalue weighted by Gasteiger charge is 2.03. The van der Waals surface area contributed by atoms with Crippen LogP contribution < -0.4 is 10.5 Å². The molecular formula is C9H14N2O2. The fourth-order valence-electron chi connectivity index (χ4n) is 0.881. The zero-order valence-electron chi connectivity index (χ0n) is 7.91. The van der Waals surface area contributed by atoms with Gasteiger partial charge in [0.25, 0.3) is 0 Å². The van der Waals surface area contributed by atoms with E-state index in [4.69, 9.17) is 15.2 Å². The number of aryl methyl sites for hydroxylation is 1. The summed E-state index contributed by atoms with van der Waals surface area (Å²) >= 11 is 0. The molecule has 4 nitrogen and oxygen atoms in total. The number of methoxy groups -OCH3 is 1. The minimum absolute atomic E-state index is 0.469. The standard InChI is InChI=1S/C9H14N2O2/c1-7-3-4-11-9(8(7)10)13-6-5-12-2/h3-4H,5-6,10H2,1-2H3. The van der Waals surface area contributed by atoms with Gasteiger partial charge in [0.05, 0.1) is 12.3 Å². The number of nitrogens with zero attached hydrogens (tertiary/aromatic N) is 1. The highest BCUT2D eigenvalue weighted by molar-refractivity contribution is 5.53. The fourth-order valence-corrected chi connectivity index (χ4v) is 0.881. The van der Waals surface area contributed by atoms with Crippen LogP contribution >= 0.6 is 0 Å². The van der Waals surface area contributed by atoms with Crippen LogP contribution in [-0.2, 0) is 4.74 Å². The Balaban J connectivity index is 2.61. The van der Waals surface area contributed by atoms with Crippen LogP contribution in [0.1, 0.15) is 5.56 Å². The molecular weight excluding hydrogens is 168 g/mol. The average Bonchev–Trinajstić information content (AvgIpc) is 2.13. The second-order valence-corrected chi connectivity index (χ2v) is 2.69. The zero-order chi connectivity index (χ0) is 9.68. The van der Waals surface area contributed by atoms with Crippen molar-refractivity contribution >= 4 is 5.69 Å². The highest BCUT2D eigenvalue weighted by Crippen LogP contribution is 2.20. The average molecular weight is 182 g/mol. The van der Waals surface area contributed by atoms with Crippen molar-refractivity contribution in [3.63, 3.8) is 0 Å². The van der Waals surface area contributed by atoms with E-state index in [1.165, 1.54) is 0 Å². The quantitative estimate of drug-likeness (QED) is 0.706. The first-order valence-electron chi connectivity index (χ1n) is 4.08. The lowest BCUT2D eigenvalue weighted by molar-refractivity contribution is 0.144. The van der Waals surface area contributed by atoms with Gasteiger partial charge in [0, 0.05) is 13.3 Å². The summed E-state index contributed by atoms with van der Waals surface area (Å²) in [6.45, 7) is 2.92. The molecule has 0 spiro atoms. The molecule has 13 heavy (non-hydrogen) atoms. The zero-order valence-corrected chi connectivity index (χ0v) is 7.91. The van der Waals surface area contributed by atoms with Crippen molar-refractivity contribution in [2.24, 2.45) is 0 Å². The van der Waals surface area contributed by atoms with Gasteiger partial charge >= 0.3 is 0 Å². The van der Waals surface area contributed by atoms with E-state index in [-0.39, 0.29) is 0 Å². The number of rotatable bonds is 4. The molecule has 0 unspecified atom stereocenters. The molecule has 72 valence electrons. The Kier molecular flexibility index (Phi) is 3.52. The lowest BCUT2D eigenvalue weighted by Crippen LogP contribution is -2.07. The summed E-state index contributed by atoms with van der Waals surface area (Å²) in [6.07, 6.45) is 1.67. The molecule has 1 rings (SSSR count). The Hall–Kier alpha value is -1.29. The van der Waals surface area contributed by atoms with E-state index in [0.29, 0.717) is 24.8 Å². The fraction of sp³-hybridized carbons (Fsp3) is 0.444. The summed E-state index contributed by atoms with van der Waals surface area (Å²) in [5, 5.41) is 0. The predicted octanol–water partition coefficient (Wildman–Crippen LogP) is 0.997. The maximum atomic E-state index is 5.74. The number of anilines is 1. The molecule has 0 amide bonds. The van der Waals surface area contributed by atoms with Crippen molar-refractivity contribution in [2.45, 2.75) is 6.92 Å². The topological polar surface area (TPSA) is 57.4 Å². The van der Waals surface area contributed by atoms with Gasteiger partial charge in [-0.3, -0.25) is 0 Å². The number of hydrogen-bond donors (Lipinski definition) is 1. The third-order valence-electron chi connectivity index (χ3n) is 1.70. The SMILES string of the molecule is COCCOc1nccc(C)c1N. The molecule has 2 N–H and O–H groups in total. The Morgan fingerprint density at radius 2 is 2.23 bits per heavy atom. The number of nitrogen functional groups attached to an aromatic ring is 1. The van der Waals surface area contributed by atoms with Gasteiger partial charge in [-0.1, -0.05) is 0 Å². The molecule has 0 aliphatic rings. The molecule has 0 aliphatic carbocycles. The Morgan fingerprint density at radius 1 is 1.46 bits per heavy atom. The van der Waals surface area contributed by atoms with Gasteiger partial charge in [-0.2, -0.15) is 0 Å². The smallest absolute Gasteiger partial charge is 0.237 e. The van der Waals surface area contributed by atoms with Crippen molar-refractivity contribution in [3.8, 4) is 5.88 Å². The molecule has 0 aliphatic heterocycles. The first-order valence-corrected chi connectivity index (χ1v) is 4.08. The van der Waals surface area contributed by atoms with Crippen LogP contribution in [0.3, 0.4) is 0 Å². The van der Waals surface area contributed by atoms with Gasteiger partial charge in [-0.25, -0.2) is 4.98 Å². The van der Waals surface area contributed by atoms with Crippen LogP contribution in [-0.4, -0.2) is 25.3 Å². The summed E-state index contributed by atoms with van der Waals surface area (Å²) < 4.78 is 10.1. The van der Waals surface area contributed by atoms with Gasteiger partial charge in [-0.15, -0.1) is 0 Å². The van der Waals surface area contributed by atoms with E-state index in [0.717, 1.165) is 5.56 Å². The Labute approximate surface area is 77.7 Å². The number of aromatic nitrogens is 1. The molecule has 0 fully saturated rings. The number of nitrogens with two attached hydrogens (primary N) is 1. The van der Waals surface area contributed by atoms with Crippen molar-refractivity contribution in [2.75, 3.05) is 26.1 Å². The summed E-state index contributed by atoms with van der Waals surface area (Å²) in [6, 6.07) is 1.85. The minimum atomic E-state index is 0.469. The van der Waals surface area contributed by atoms with Crippen LogP contribution in [0.25, 0.3) is 0 Å². The van der Waals surface area contributed by atoms with Crippen LogP contribution in [0, 0.1) is 6.92 Å². The maximum Gasteiger partial charge on any atom is 0.237 e. The van der Waals surface area contributed by atoms with Crippen molar-refractivity contribution in [1.29, 1.82) is 0 Å². The van der Waals surface area contributed by atoms with E-state index in [1.807, 2.05) is 13.0 Å². The van der Waals surface area contributed by atoms with Crippen LogP contribution in [0.15, 0.2) is 12.3 Å². The first-order chi connectivity index (χ1) is 6.25. The third-order valence-corrected chi connectivity index (χ3v) is 1.70. The predicted molar refractivity (Wildman–Crippen MR) is 50.8 cm³/mol. The Bertz CT molecular complexity index is 276. The van der Waals surface area contributed by atoms with E-state index < -0.39 is 0 Å². The van der Waals surface area contributed by atoms with Gasteiger partial charge in [0.1, 0.15) is 6.61 Å². The molecule has 0 saturated heterocycles. The molecule has 0 aromatic carbocycles. The lowest BCUT2D eigenvalue weighted by atomic mass is 10.2. The molecule has 0 bridgehead atoms. The van der Waals surface area contributed by atoms with Crippen molar-refractivity contribution in [3.05, 3.63) is 17.8 Å². The lowest BCUT2D eigenvalue weighted by Gasteiger charge is -2.08. The first kappa shape index (κ1) is 9.80. The van der Waals surface area contributed by atoms with Gasteiger partial charge in [0.15, 0.2) is 0 Å². The van der Waals surface area contributed by atoms with E-state index >= 15 is 0 Å². The Morgan fingerprint density at radius 3 is 2.92 bits per heavy atom. The molecule has 4 heteroatoms. The summed E-state index contributed by atoms with van der Waals surface area (Å²) in [4.78, 5) is 4.01. The molecule has 0 atom stereocenters. The summed E-state index contributed by atoms with van der Waals surface area (Å²) in [7, 11) is 1.62. The van der Waals surface area contributed by atoms with E-state index in [9.17, 15) is 0 Å². The van der Waals surface area contributed by atoms with E-state index in [2.05, 4.69) is 4.98 Å². The van der Waals surface area contributed by atoms with Gasteiger partial charge in [-0.05, 0) is 18.6 Å². The monoisotopic (exact) mass is 182 g/mol. The number of ether oxygens (including phenoxy) is 2. The number of pyridine rings is 1. The normalized spacial score (nSPS) is 10.0. The maximum absolute atomic E-state index is 5.74. The molecule has 0 saturated carbocycles. The second kappa shape index (κ2) is 4.67. The second-order valence-electron chi connectivity index (χ2n) is 2.69. The van der Waals surface area contributed by atoms with Crippen LogP contribution in [0.4, 0.5) is 5.69 Å². The molecule has 1 aromatic heterocycles. The summed E-state index contributed by atoms with van der Waals surface area (Å²) in [5.41, 5.74) is 7.31. The van der Waals surface area contributed by atoms with Crippen LogP contribution in [0.5, 0.6) is 5.88 Å². The summed E-state index contributed by atoms with van der Waals surface area (Å²) in [5.74, 6) is 0.483. The highest BCUT2D eigenvalue weighted by atomic mass is 16.5. The molecule has 1 heterocycles. The van der Waals surface area contributed by atoms with Crippen LogP contribution in [0.2, 0.25) is 0 Å².